The van der Waals surface area contributed by atoms with Crippen molar-refractivity contribution in [2.75, 3.05) is 10.2 Å². The maximum Gasteiger partial charge on any atom is 0.224 e. The van der Waals surface area contributed by atoms with E-state index >= 15 is 0 Å². The fourth-order valence-corrected chi connectivity index (χ4v) is 5.65. The molecule has 194 valence electrons. The first-order chi connectivity index (χ1) is 18.3. The Hall–Kier alpha value is -3.97. The highest BCUT2D eigenvalue weighted by Crippen LogP contribution is 2.44. The van der Waals surface area contributed by atoms with Crippen LogP contribution in [0.2, 0.25) is 0 Å². The monoisotopic (exact) mass is 523 g/mol. The number of amides is 1. The molecule has 4 aromatic rings. The maximum atomic E-state index is 12.0. The molecule has 0 bridgehead atoms. The van der Waals surface area contributed by atoms with Crippen LogP contribution < -0.4 is 15.5 Å². The third-order valence-corrected chi connectivity index (χ3v) is 7.58. The number of hydrogen-bond acceptors (Lipinski definition) is 3. The van der Waals surface area contributed by atoms with Crippen molar-refractivity contribution in [3.05, 3.63) is 107 Å². The summed E-state index contributed by atoms with van der Waals surface area (Å²) in [4.78, 5) is 18.9. The van der Waals surface area contributed by atoms with Crippen LogP contribution in [0.1, 0.15) is 59.2 Å². The molecule has 0 radical (unpaired) electrons. The zero-order valence-electron chi connectivity index (χ0n) is 22.4. The number of rotatable bonds is 6. The Morgan fingerprint density at radius 3 is 2.39 bits per heavy atom. The number of thiocarbonyl (C=S) groups is 1. The van der Waals surface area contributed by atoms with Crippen LogP contribution in [-0.2, 0) is 4.79 Å². The van der Waals surface area contributed by atoms with Gasteiger partial charge in [0.15, 0.2) is 5.11 Å². The minimum atomic E-state index is -0.129. The Kier molecular flexibility index (Phi) is 7.04. The molecule has 1 saturated heterocycles. The molecule has 0 unspecified atom stereocenters. The molecule has 6 nitrogen and oxygen atoms in total. The number of nitrogens with zero attached hydrogens (tertiary/aromatic N) is 3. The second-order valence-corrected chi connectivity index (χ2v) is 10.3. The SMILES string of the molecule is CCC(=O)Nc1ccc(N2C(=S)N[C@@H](c3ccccn3)[C@H]2c2cc(C)n(-c3ccc(C)cc3)c2C)cc1C. The maximum absolute atomic E-state index is 12.0. The molecular formula is C31H33N5OS. The zero-order chi connectivity index (χ0) is 27.0. The molecule has 2 N–H and O–H groups in total. The molecule has 7 heteroatoms. The van der Waals surface area contributed by atoms with Gasteiger partial charge in [0, 0.05) is 41.1 Å². The number of anilines is 2. The number of aromatic nitrogens is 2. The van der Waals surface area contributed by atoms with Crippen LogP contribution in [0.5, 0.6) is 0 Å². The Labute approximate surface area is 229 Å². The standard InChI is InChI=1S/C31H33N5OS/c1-6-28(37)33-26-15-14-24(17-20(26)3)36-30(29(34-31(36)38)27-9-7-8-16-32-27)25-18-21(4)35(22(25)5)23-12-10-19(2)11-13-23/h7-18,29-30H,6H2,1-5H3,(H,33,37)(H,34,38)/t29-,30+/m0/s1. The average Bonchev–Trinajstić information content (AvgIpc) is 3.41. The first-order valence-electron chi connectivity index (χ1n) is 13.0. The van der Waals surface area contributed by atoms with Gasteiger partial charge in [-0.2, -0.15) is 0 Å². The van der Waals surface area contributed by atoms with E-state index in [0.717, 1.165) is 39.7 Å². The molecule has 1 aliphatic heterocycles. The van der Waals surface area contributed by atoms with E-state index in [-0.39, 0.29) is 18.0 Å². The van der Waals surface area contributed by atoms with Gasteiger partial charge in [0.2, 0.25) is 5.91 Å². The van der Waals surface area contributed by atoms with Crippen molar-refractivity contribution >= 4 is 34.6 Å². The zero-order valence-corrected chi connectivity index (χ0v) is 23.3. The molecule has 2 aromatic heterocycles. The van der Waals surface area contributed by atoms with Crippen LogP contribution in [0.3, 0.4) is 0 Å². The van der Waals surface area contributed by atoms with Crippen molar-refractivity contribution in [1.29, 1.82) is 0 Å². The molecular weight excluding hydrogens is 490 g/mol. The molecule has 2 aromatic carbocycles. The lowest BCUT2D eigenvalue weighted by atomic mass is 9.96. The van der Waals surface area contributed by atoms with E-state index < -0.39 is 0 Å². The minimum absolute atomic E-state index is 0.00384. The van der Waals surface area contributed by atoms with Crippen LogP contribution in [-0.4, -0.2) is 20.6 Å². The van der Waals surface area contributed by atoms with Gasteiger partial charge >= 0.3 is 0 Å². The first kappa shape index (κ1) is 25.7. The van der Waals surface area contributed by atoms with Gasteiger partial charge in [-0.25, -0.2) is 0 Å². The number of benzene rings is 2. The lowest BCUT2D eigenvalue weighted by molar-refractivity contribution is -0.115. The van der Waals surface area contributed by atoms with E-state index in [9.17, 15) is 4.79 Å². The highest BCUT2D eigenvalue weighted by Gasteiger charge is 2.42. The Balaban J connectivity index is 1.63. The highest BCUT2D eigenvalue weighted by atomic mass is 32.1. The quantitative estimate of drug-likeness (QED) is 0.278. The summed E-state index contributed by atoms with van der Waals surface area (Å²) in [5, 5.41) is 7.20. The summed E-state index contributed by atoms with van der Waals surface area (Å²) in [5.74, 6) is -0.00384. The van der Waals surface area contributed by atoms with Gasteiger partial charge < -0.3 is 20.1 Å². The van der Waals surface area contributed by atoms with Crippen molar-refractivity contribution in [3.63, 3.8) is 0 Å². The molecule has 1 fully saturated rings. The predicted molar refractivity (Wildman–Crippen MR) is 158 cm³/mol. The third kappa shape index (κ3) is 4.70. The van der Waals surface area contributed by atoms with E-state index in [1.165, 1.54) is 11.1 Å². The average molecular weight is 524 g/mol. The molecule has 0 spiro atoms. The van der Waals surface area contributed by atoms with Gasteiger partial charge in [0.05, 0.1) is 17.8 Å². The van der Waals surface area contributed by atoms with Crippen LogP contribution in [0.25, 0.3) is 5.69 Å². The molecule has 38 heavy (non-hydrogen) atoms. The Morgan fingerprint density at radius 1 is 1.00 bits per heavy atom. The van der Waals surface area contributed by atoms with Crippen molar-refractivity contribution < 1.29 is 4.79 Å². The van der Waals surface area contributed by atoms with Gasteiger partial charge in [-0.15, -0.1) is 0 Å². The van der Waals surface area contributed by atoms with Crippen molar-refractivity contribution in [3.8, 4) is 5.69 Å². The van der Waals surface area contributed by atoms with Crippen LogP contribution in [0.15, 0.2) is 72.9 Å². The summed E-state index contributed by atoms with van der Waals surface area (Å²) < 4.78 is 2.30. The number of nitrogens with one attached hydrogen (secondary N) is 2. The fourth-order valence-electron chi connectivity index (χ4n) is 5.30. The van der Waals surface area contributed by atoms with Crippen molar-refractivity contribution in [1.82, 2.24) is 14.9 Å². The van der Waals surface area contributed by atoms with Crippen LogP contribution in [0, 0.1) is 27.7 Å². The van der Waals surface area contributed by atoms with Crippen LogP contribution >= 0.6 is 12.2 Å². The molecule has 0 aliphatic carbocycles. The van der Waals surface area contributed by atoms with Crippen molar-refractivity contribution in [2.24, 2.45) is 0 Å². The van der Waals surface area contributed by atoms with E-state index in [1.54, 1.807) is 0 Å². The summed E-state index contributed by atoms with van der Waals surface area (Å²) >= 11 is 5.94. The number of aryl methyl sites for hydroxylation is 3. The Morgan fingerprint density at radius 2 is 1.74 bits per heavy atom. The summed E-state index contributed by atoms with van der Waals surface area (Å²) in [6.45, 7) is 10.3. The topological polar surface area (TPSA) is 62.2 Å². The predicted octanol–water partition coefficient (Wildman–Crippen LogP) is 6.63. The van der Waals surface area contributed by atoms with Gasteiger partial charge in [-0.1, -0.05) is 30.7 Å². The van der Waals surface area contributed by atoms with E-state index in [4.69, 9.17) is 17.2 Å². The molecule has 1 amide bonds. The minimum Gasteiger partial charge on any atom is -0.351 e. The largest absolute Gasteiger partial charge is 0.351 e. The molecule has 2 atom stereocenters. The normalized spacial score (nSPS) is 17.0. The smallest absolute Gasteiger partial charge is 0.224 e. The summed E-state index contributed by atoms with van der Waals surface area (Å²) in [6.07, 6.45) is 2.26. The highest BCUT2D eigenvalue weighted by molar-refractivity contribution is 7.80. The second kappa shape index (κ2) is 10.4. The van der Waals surface area contributed by atoms with Gasteiger partial charge in [0.1, 0.15) is 0 Å². The van der Waals surface area contributed by atoms with Crippen molar-refractivity contribution in [2.45, 2.75) is 53.1 Å². The number of hydrogen-bond donors (Lipinski definition) is 2. The molecule has 0 saturated carbocycles. The Bertz CT molecular complexity index is 1490. The summed E-state index contributed by atoms with van der Waals surface area (Å²) in [5.41, 5.74) is 9.59. The lowest BCUT2D eigenvalue weighted by Crippen LogP contribution is -2.29. The van der Waals surface area contributed by atoms with Gasteiger partial charge in [0.25, 0.3) is 0 Å². The van der Waals surface area contributed by atoms with Crippen LogP contribution in [0.4, 0.5) is 11.4 Å². The fraction of sp³-hybridized carbons (Fsp3) is 0.258. The second-order valence-electron chi connectivity index (χ2n) is 9.89. The van der Waals surface area contributed by atoms with E-state index in [1.807, 2.05) is 50.4 Å². The van der Waals surface area contributed by atoms with Gasteiger partial charge in [-0.3, -0.25) is 9.78 Å². The lowest BCUT2D eigenvalue weighted by Gasteiger charge is -2.29. The first-order valence-corrected chi connectivity index (χ1v) is 13.4. The summed E-state index contributed by atoms with van der Waals surface area (Å²) in [6, 6.07) is 22.7. The molecule has 5 rings (SSSR count). The number of pyridine rings is 1. The molecule has 3 heterocycles. The number of carbonyl (C=O) groups excluding carboxylic acids is 1. The number of carbonyl (C=O) groups is 1. The summed E-state index contributed by atoms with van der Waals surface area (Å²) in [7, 11) is 0. The van der Waals surface area contributed by atoms with E-state index in [2.05, 4.69) is 77.3 Å². The third-order valence-electron chi connectivity index (χ3n) is 7.26. The molecule has 1 aliphatic rings. The van der Waals surface area contributed by atoms with E-state index in [0.29, 0.717) is 11.5 Å². The van der Waals surface area contributed by atoms with Gasteiger partial charge in [-0.05, 0) is 99.6 Å².